The van der Waals surface area contributed by atoms with Crippen molar-refractivity contribution in [1.29, 1.82) is 0 Å². The summed E-state index contributed by atoms with van der Waals surface area (Å²) in [5.41, 5.74) is 2.87. The molecular weight excluding hydrogens is 328 g/mol. The number of benzene rings is 2. The third-order valence-corrected chi connectivity index (χ3v) is 4.56. The molecule has 8 heteroatoms. The molecule has 128 valence electrons. The predicted octanol–water partition coefficient (Wildman–Crippen LogP) is 2.61. The minimum Gasteiger partial charge on any atom is -0.356 e. The lowest BCUT2D eigenvalue weighted by molar-refractivity contribution is -0.114. The van der Waals surface area contributed by atoms with Crippen LogP contribution in [0.25, 0.3) is 0 Å². The van der Waals surface area contributed by atoms with E-state index in [1.165, 1.54) is 21.0 Å². The molecule has 1 amide bonds. The summed E-state index contributed by atoms with van der Waals surface area (Å²) < 4.78 is 27.1. The van der Waals surface area contributed by atoms with Gasteiger partial charge in [0.05, 0.1) is 0 Å². The summed E-state index contributed by atoms with van der Waals surface area (Å²) in [6, 6.07) is 14.2. The van der Waals surface area contributed by atoms with Crippen molar-refractivity contribution < 1.29 is 13.2 Å². The fourth-order valence-electron chi connectivity index (χ4n) is 1.87. The van der Waals surface area contributed by atoms with E-state index in [1.807, 2.05) is 12.1 Å². The maximum Gasteiger partial charge on any atom is 0.301 e. The smallest absolute Gasteiger partial charge is 0.301 e. The van der Waals surface area contributed by atoms with Crippen LogP contribution in [0.3, 0.4) is 0 Å². The highest BCUT2D eigenvalue weighted by molar-refractivity contribution is 7.90. The van der Waals surface area contributed by atoms with Gasteiger partial charge in [0.25, 0.3) is 0 Å². The van der Waals surface area contributed by atoms with Gasteiger partial charge in [0.15, 0.2) is 0 Å². The van der Waals surface area contributed by atoms with E-state index in [-0.39, 0.29) is 5.91 Å². The second-order valence-electron chi connectivity index (χ2n) is 5.35. The van der Waals surface area contributed by atoms with Gasteiger partial charge in [-0.05, 0) is 48.5 Å². The van der Waals surface area contributed by atoms with Gasteiger partial charge in [-0.3, -0.25) is 9.52 Å². The van der Waals surface area contributed by atoms with Crippen molar-refractivity contribution in [1.82, 2.24) is 4.31 Å². The van der Waals surface area contributed by atoms with Crippen LogP contribution in [0.5, 0.6) is 0 Å². The van der Waals surface area contributed by atoms with Crippen LogP contribution in [0.1, 0.15) is 6.92 Å². The van der Waals surface area contributed by atoms with Gasteiger partial charge in [0, 0.05) is 43.8 Å². The molecule has 2 aromatic carbocycles. The van der Waals surface area contributed by atoms with Crippen LogP contribution in [-0.4, -0.2) is 32.7 Å². The minimum absolute atomic E-state index is 0.119. The van der Waals surface area contributed by atoms with Crippen LogP contribution in [0.2, 0.25) is 0 Å². The molecule has 0 unspecified atom stereocenters. The molecule has 0 aromatic heterocycles. The van der Waals surface area contributed by atoms with Gasteiger partial charge < -0.3 is 10.6 Å². The van der Waals surface area contributed by atoms with E-state index < -0.39 is 10.2 Å². The average molecular weight is 348 g/mol. The molecule has 24 heavy (non-hydrogen) atoms. The SMILES string of the molecule is CC(=O)Nc1ccc(Nc2ccc(NS(=O)(=O)N(C)C)cc2)cc1. The highest BCUT2D eigenvalue weighted by Crippen LogP contribution is 2.21. The second-order valence-corrected chi connectivity index (χ2v) is 7.23. The van der Waals surface area contributed by atoms with Gasteiger partial charge in [-0.2, -0.15) is 12.7 Å². The number of carbonyl (C=O) groups excluding carboxylic acids is 1. The molecule has 0 saturated carbocycles. The monoisotopic (exact) mass is 348 g/mol. The largest absolute Gasteiger partial charge is 0.356 e. The summed E-state index contributed by atoms with van der Waals surface area (Å²) in [7, 11) is -0.587. The summed E-state index contributed by atoms with van der Waals surface area (Å²) >= 11 is 0. The van der Waals surface area contributed by atoms with Crippen molar-refractivity contribution in [3.05, 3.63) is 48.5 Å². The Morgan fingerprint density at radius 1 is 0.833 bits per heavy atom. The van der Waals surface area contributed by atoms with Gasteiger partial charge in [-0.25, -0.2) is 0 Å². The van der Waals surface area contributed by atoms with E-state index in [9.17, 15) is 13.2 Å². The highest BCUT2D eigenvalue weighted by atomic mass is 32.2. The van der Waals surface area contributed by atoms with E-state index in [2.05, 4.69) is 15.4 Å². The van der Waals surface area contributed by atoms with Crippen molar-refractivity contribution in [2.45, 2.75) is 6.92 Å². The Hall–Kier alpha value is -2.58. The molecule has 7 nitrogen and oxygen atoms in total. The zero-order chi connectivity index (χ0) is 17.7. The third-order valence-electron chi connectivity index (χ3n) is 3.11. The Kier molecular flexibility index (Phi) is 5.42. The average Bonchev–Trinajstić information content (AvgIpc) is 2.50. The molecule has 0 fully saturated rings. The lowest BCUT2D eigenvalue weighted by Crippen LogP contribution is -2.28. The van der Waals surface area contributed by atoms with Crippen LogP contribution in [0.4, 0.5) is 22.7 Å². The molecule has 0 aliphatic rings. The fraction of sp³-hybridized carbons (Fsp3) is 0.188. The summed E-state index contributed by atoms with van der Waals surface area (Å²) in [6.45, 7) is 1.46. The van der Waals surface area contributed by atoms with Crippen LogP contribution in [0.15, 0.2) is 48.5 Å². The minimum atomic E-state index is -3.51. The molecule has 0 saturated heterocycles. The molecule has 2 aromatic rings. The van der Waals surface area contributed by atoms with Gasteiger partial charge in [0.2, 0.25) is 5.91 Å². The predicted molar refractivity (Wildman–Crippen MR) is 96.7 cm³/mol. The van der Waals surface area contributed by atoms with Crippen LogP contribution in [-0.2, 0) is 15.0 Å². The first kappa shape index (κ1) is 17.8. The first-order chi connectivity index (χ1) is 11.3. The number of amides is 1. The van der Waals surface area contributed by atoms with E-state index in [1.54, 1.807) is 36.4 Å². The standard InChI is InChI=1S/C16H20N4O3S/c1-12(21)17-13-4-6-14(7-5-13)18-15-8-10-16(11-9-15)19-24(22,23)20(2)3/h4-11,18-19H,1-3H3,(H,17,21). The molecule has 0 heterocycles. The van der Waals surface area contributed by atoms with Gasteiger partial charge in [-0.15, -0.1) is 0 Å². The van der Waals surface area contributed by atoms with Crippen LogP contribution >= 0.6 is 0 Å². The summed E-state index contributed by atoms with van der Waals surface area (Å²) in [4.78, 5) is 11.0. The number of nitrogens with zero attached hydrogens (tertiary/aromatic N) is 1. The Morgan fingerprint density at radius 2 is 1.25 bits per heavy atom. The summed E-state index contributed by atoms with van der Waals surface area (Å²) in [5.74, 6) is -0.119. The molecule has 0 aliphatic carbocycles. The fourth-order valence-corrected chi connectivity index (χ4v) is 2.49. The molecular formula is C16H20N4O3S. The van der Waals surface area contributed by atoms with E-state index >= 15 is 0 Å². The first-order valence-corrected chi connectivity index (χ1v) is 8.65. The Labute approximate surface area is 141 Å². The molecule has 0 radical (unpaired) electrons. The van der Waals surface area contributed by atoms with E-state index in [4.69, 9.17) is 0 Å². The molecule has 0 aliphatic heterocycles. The summed E-state index contributed by atoms with van der Waals surface area (Å²) in [6.07, 6.45) is 0. The Morgan fingerprint density at radius 3 is 1.67 bits per heavy atom. The van der Waals surface area contributed by atoms with Crippen LogP contribution in [0, 0.1) is 0 Å². The lowest BCUT2D eigenvalue weighted by Gasteiger charge is -2.14. The Bertz CT molecular complexity index is 800. The Balaban J connectivity index is 2.02. The van der Waals surface area contributed by atoms with Gasteiger partial charge in [-0.1, -0.05) is 0 Å². The maximum atomic E-state index is 11.8. The third kappa shape index (κ3) is 4.97. The first-order valence-electron chi connectivity index (χ1n) is 7.21. The number of hydrogen-bond donors (Lipinski definition) is 3. The van der Waals surface area contributed by atoms with Crippen molar-refractivity contribution in [2.75, 3.05) is 29.5 Å². The zero-order valence-corrected chi connectivity index (χ0v) is 14.5. The van der Waals surface area contributed by atoms with Crippen molar-refractivity contribution >= 4 is 38.9 Å². The quantitative estimate of drug-likeness (QED) is 0.748. The molecule has 0 bridgehead atoms. The van der Waals surface area contributed by atoms with E-state index in [0.717, 1.165) is 21.4 Å². The van der Waals surface area contributed by atoms with Crippen molar-refractivity contribution in [2.24, 2.45) is 0 Å². The summed E-state index contributed by atoms with van der Waals surface area (Å²) in [5, 5.41) is 5.90. The van der Waals surface area contributed by atoms with Crippen LogP contribution < -0.4 is 15.4 Å². The highest BCUT2D eigenvalue weighted by Gasteiger charge is 2.12. The number of anilines is 4. The topological polar surface area (TPSA) is 90.5 Å². The van der Waals surface area contributed by atoms with Crippen molar-refractivity contribution in [3.8, 4) is 0 Å². The van der Waals surface area contributed by atoms with E-state index in [0.29, 0.717) is 5.69 Å². The normalized spacial score (nSPS) is 11.2. The molecule has 0 spiro atoms. The molecule has 3 N–H and O–H groups in total. The lowest BCUT2D eigenvalue weighted by atomic mass is 10.2. The molecule has 2 rings (SSSR count). The number of nitrogens with one attached hydrogen (secondary N) is 3. The number of rotatable bonds is 6. The second kappa shape index (κ2) is 7.33. The van der Waals surface area contributed by atoms with Gasteiger partial charge in [0.1, 0.15) is 0 Å². The number of carbonyl (C=O) groups is 1. The zero-order valence-electron chi connectivity index (χ0n) is 13.7. The van der Waals surface area contributed by atoms with Crippen molar-refractivity contribution in [3.63, 3.8) is 0 Å². The number of hydrogen-bond acceptors (Lipinski definition) is 4. The maximum absolute atomic E-state index is 11.8. The van der Waals surface area contributed by atoms with Gasteiger partial charge >= 0.3 is 10.2 Å². The molecule has 0 atom stereocenters.